The number of hydrogen-bond acceptors (Lipinski definition) is 6. The minimum absolute atomic E-state index is 0.145. The Bertz CT molecular complexity index is 495. The van der Waals surface area contributed by atoms with Crippen molar-refractivity contribution < 1.29 is 35.3 Å². The highest BCUT2D eigenvalue weighted by Crippen LogP contribution is 2.29. The maximum Gasteiger partial charge on any atom is 0.523 e. The van der Waals surface area contributed by atoms with Crippen molar-refractivity contribution in [1.29, 1.82) is 0 Å². The predicted molar refractivity (Wildman–Crippen MR) is 71.3 cm³/mol. The summed E-state index contributed by atoms with van der Waals surface area (Å²) in [5.41, 5.74) is -6.16. The second-order valence-corrected chi connectivity index (χ2v) is 7.41. The summed E-state index contributed by atoms with van der Waals surface area (Å²) in [5, 5.41) is 0. The van der Waals surface area contributed by atoms with Crippen molar-refractivity contribution in [3.63, 3.8) is 0 Å². The average Bonchev–Trinajstić information content (AvgIpc) is 2.38. The van der Waals surface area contributed by atoms with E-state index in [-0.39, 0.29) is 18.8 Å². The molecular formula is C12H20F3NO5S. The van der Waals surface area contributed by atoms with Gasteiger partial charge in [0, 0.05) is 19.6 Å². The first-order valence-corrected chi connectivity index (χ1v) is 8.10. The Labute approximate surface area is 127 Å². The number of likely N-dealkylation sites (tertiary alicyclic amines) is 1. The summed E-state index contributed by atoms with van der Waals surface area (Å²) in [7, 11) is -4.28. The molecule has 0 amide bonds. The maximum atomic E-state index is 12.2. The Balaban J connectivity index is 2.53. The van der Waals surface area contributed by atoms with E-state index in [0.717, 1.165) is 0 Å². The molecule has 0 N–H and O–H groups in total. The summed E-state index contributed by atoms with van der Waals surface area (Å²) in [6.07, 6.45) is -0.705. The van der Waals surface area contributed by atoms with E-state index in [4.69, 9.17) is 0 Å². The van der Waals surface area contributed by atoms with Gasteiger partial charge in [-0.3, -0.25) is 8.98 Å². The number of hydrogen-bond donors (Lipinski definition) is 0. The molecule has 1 saturated heterocycles. The van der Waals surface area contributed by atoms with E-state index in [9.17, 15) is 26.4 Å². The van der Waals surface area contributed by atoms with Crippen LogP contribution in [0.15, 0.2) is 0 Å². The summed E-state index contributed by atoms with van der Waals surface area (Å²) < 4.78 is 67.5. The number of ether oxygens (including phenoxy) is 1. The number of esters is 1. The smallest absolute Gasteiger partial charge is 0.469 e. The number of nitrogens with zero attached hydrogens (tertiary/aromatic N) is 1. The van der Waals surface area contributed by atoms with Gasteiger partial charge in [0.2, 0.25) is 0 Å². The van der Waals surface area contributed by atoms with E-state index in [0.29, 0.717) is 19.6 Å². The van der Waals surface area contributed by atoms with Gasteiger partial charge in [0.05, 0.1) is 18.6 Å². The van der Waals surface area contributed by atoms with Crippen molar-refractivity contribution in [3.05, 3.63) is 0 Å². The molecule has 0 unspecified atom stereocenters. The Morgan fingerprint density at radius 1 is 1.23 bits per heavy atom. The standard InChI is InChI=1S/C12H20F3NO5S/c1-11(2,10(17)20-3)8-16-6-4-9(5-7-16)21-22(18,19)12(13,14)15/h9H,4-8H2,1-3H3. The molecule has 0 saturated carbocycles. The number of piperidine rings is 1. The van der Waals surface area contributed by atoms with Gasteiger partial charge < -0.3 is 9.64 Å². The van der Waals surface area contributed by atoms with Crippen molar-refractivity contribution in [1.82, 2.24) is 4.90 Å². The first kappa shape index (κ1) is 19.2. The summed E-state index contributed by atoms with van der Waals surface area (Å²) in [5.74, 6) is -0.384. The van der Waals surface area contributed by atoms with Gasteiger partial charge in [0.15, 0.2) is 0 Å². The number of carbonyl (C=O) groups excluding carboxylic acids is 1. The van der Waals surface area contributed by atoms with Gasteiger partial charge in [-0.2, -0.15) is 21.6 Å². The fourth-order valence-corrected chi connectivity index (χ4v) is 2.96. The van der Waals surface area contributed by atoms with E-state index in [1.807, 2.05) is 4.90 Å². The van der Waals surface area contributed by atoms with Gasteiger partial charge in [-0.1, -0.05) is 0 Å². The fourth-order valence-electron chi connectivity index (χ4n) is 2.30. The highest BCUT2D eigenvalue weighted by Gasteiger charge is 2.48. The summed E-state index contributed by atoms with van der Waals surface area (Å²) in [6, 6.07) is 0. The first-order valence-electron chi connectivity index (χ1n) is 6.69. The van der Waals surface area contributed by atoms with Crippen LogP contribution in [0.1, 0.15) is 26.7 Å². The summed E-state index contributed by atoms with van der Waals surface area (Å²) >= 11 is 0. The molecule has 0 radical (unpaired) electrons. The third-order valence-electron chi connectivity index (χ3n) is 3.44. The number of rotatable bonds is 5. The Hall–Kier alpha value is -0.870. The van der Waals surface area contributed by atoms with Gasteiger partial charge in [-0.15, -0.1) is 0 Å². The zero-order valence-electron chi connectivity index (χ0n) is 12.6. The van der Waals surface area contributed by atoms with Crippen LogP contribution in [0.25, 0.3) is 0 Å². The van der Waals surface area contributed by atoms with E-state index in [1.54, 1.807) is 13.8 Å². The SMILES string of the molecule is COC(=O)C(C)(C)CN1CCC(OS(=O)(=O)C(F)(F)F)CC1. The highest BCUT2D eigenvalue weighted by atomic mass is 32.2. The minimum atomic E-state index is -5.56. The summed E-state index contributed by atoms with van der Waals surface area (Å²) in [4.78, 5) is 13.5. The molecule has 0 aliphatic carbocycles. The van der Waals surface area contributed by atoms with Crippen LogP contribution in [0.2, 0.25) is 0 Å². The maximum absolute atomic E-state index is 12.2. The van der Waals surface area contributed by atoms with Crippen molar-refractivity contribution in [3.8, 4) is 0 Å². The lowest BCUT2D eigenvalue weighted by atomic mass is 9.92. The van der Waals surface area contributed by atoms with Gasteiger partial charge in [-0.05, 0) is 26.7 Å². The van der Waals surface area contributed by atoms with Gasteiger partial charge in [-0.25, -0.2) is 0 Å². The second kappa shape index (κ2) is 6.71. The molecular weight excluding hydrogens is 327 g/mol. The number of alkyl halides is 3. The molecule has 130 valence electrons. The van der Waals surface area contributed by atoms with Gasteiger partial charge in [0.25, 0.3) is 0 Å². The van der Waals surface area contributed by atoms with Gasteiger partial charge in [0.1, 0.15) is 0 Å². The monoisotopic (exact) mass is 347 g/mol. The number of methoxy groups -OCH3 is 1. The van der Waals surface area contributed by atoms with Crippen molar-refractivity contribution in [2.45, 2.75) is 38.3 Å². The van der Waals surface area contributed by atoms with Crippen LogP contribution >= 0.6 is 0 Å². The highest BCUT2D eigenvalue weighted by molar-refractivity contribution is 7.87. The Morgan fingerprint density at radius 2 is 1.73 bits per heavy atom. The molecule has 0 bridgehead atoms. The molecule has 1 heterocycles. The zero-order chi connectivity index (χ0) is 17.2. The van der Waals surface area contributed by atoms with Crippen molar-refractivity contribution >= 4 is 16.1 Å². The van der Waals surface area contributed by atoms with Crippen molar-refractivity contribution in [2.24, 2.45) is 5.41 Å². The lowest BCUT2D eigenvalue weighted by Gasteiger charge is -2.35. The molecule has 1 aliphatic rings. The zero-order valence-corrected chi connectivity index (χ0v) is 13.5. The van der Waals surface area contributed by atoms with Crippen LogP contribution in [-0.2, 0) is 23.8 Å². The predicted octanol–water partition coefficient (Wildman–Crippen LogP) is 1.52. The molecule has 10 heteroatoms. The van der Waals surface area contributed by atoms with Crippen LogP contribution in [0.3, 0.4) is 0 Å². The number of halogens is 3. The van der Waals surface area contributed by atoms with Crippen LogP contribution in [-0.4, -0.2) is 57.6 Å². The molecule has 0 aromatic heterocycles. The Kier molecular flexibility index (Phi) is 5.85. The van der Waals surface area contributed by atoms with E-state index in [1.165, 1.54) is 7.11 Å². The molecule has 6 nitrogen and oxygen atoms in total. The van der Waals surface area contributed by atoms with Crippen LogP contribution < -0.4 is 0 Å². The first-order chi connectivity index (χ1) is 9.89. The molecule has 0 spiro atoms. The largest absolute Gasteiger partial charge is 0.523 e. The lowest BCUT2D eigenvalue weighted by molar-refractivity contribution is -0.152. The molecule has 0 atom stereocenters. The van der Waals surface area contributed by atoms with E-state index in [2.05, 4.69) is 8.92 Å². The van der Waals surface area contributed by atoms with E-state index >= 15 is 0 Å². The molecule has 1 aliphatic heterocycles. The molecule has 0 aromatic carbocycles. The lowest BCUT2D eigenvalue weighted by Crippen LogP contribution is -2.45. The molecule has 0 aromatic rings. The third kappa shape index (κ3) is 4.82. The van der Waals surface area contributed by atoms with Crippen molar-refractivity contribution in [2.75, 3.05) is 26.7 Å². The fraction of sp³-hybridized carbons (Fsp3) is 0.917. The minimum Gasteiger partial charge on any atom is -0.469 e. The molecule has 22 heavy (non-hydrogen) atoms. The number of carbonyl (C=O) groups is 1. The molecule has 1 rings (SSSR count). The van der Waals surface area contributed by atoms with E-state index < -0.39 is 27.1 Å². The van der Waals surface area contributed by atoms with Crippen LogP contribution in [0.4, 0.5) is 13.2 Å². The second-order valence-electron chi connectivity index (χ2n) is 5.85. The van der Waals surface area contributed by atoms with Gasteiger partial charge >= 0.3 is 21.6 Å². The van der Waals surface area contributed by atoms with Crippen LogP contribution in [0, 0.1) is 5.41 Å². The third-order valence-corrected chi connectivity index (χ3v) is 4.53. The quantitative estimate of drug-likeness (QED) is 0.426. The topological polar surface area (TPSA) is 72.9 Å². The normalized spacial score (nSPS) is 19.2. The average molecular weight is 347 g/mol. The van der Waals surface area contributed by atoms with Crippen LogP contribution in [0.5, 0.6) is 0 Å². The summed E-state index contributed by atoms with van der Waals surface area (Å²) in [6.45, 7) is 4.47. The molecule has 1 fully saturated rings. The Morgan fingerprint density at radius 3 is 2.14 bits per heavy atom.